The van der Waals surface area contributed by atoms with Gasteiger partial charge in [0, 0.05) is 30.8 Å². The van der Waals surface area contributed by atoms with Crippen molar-refractivity contribution in [3.63, 3.8) is 0 Å². The average Bonchev–Trinajstić information content (AvgIpc) is 2.32. The van der Waals surface area contributed by atoms with Crippen LogP contribution in [0.5, 0.6) is 0 Å². The summed E-state index contributed by atoms with van der Waals surface area (Å²) < 4.78 is 37.2. The highest BCUT2D eigenvalue weighted by atomic mass is 32.2. The van der Waals surface area contributed by atoms with Gasteiger partial charge in [0.2, 0.25) is 0 Å². The molecule has 7 heteroatoms. The fraction of sp³-hybridized carbons (Fsp3) is 0.769. The molecule has 0 bridgehead atoms. The summed E-state index contributed by atoms with van der Waals surface area (Å²) in [6.45, 7) is 9.18. The van der Waals surface area contributed by atoms with Crippen LogP contribution in [0.1, 0.15) is 26.7 Å². The SMILES string of the molecule is C=C(C)C(=O)[N+](C)(CCCOCC)CCCS(=O)(=O)[O-]. The van der Waals surface area contributed by atoms with Gasteiger partial charge in [-0.15, -0.1) is 0 Å². The Morgan fingerprint density at radius 3 is 2.30 bits per heavy atom. The average molecular weight is 307 g/mol. The van der Waals surface area contributed by atoms with Crippen molar-refractivity contribution in [1.29, 1.82) is 0 Å². The van der Waals surface area contributed by atoms with Crippen LogP contribution in [-0.2, 0) is 19.6 Å². The second-order valence-electron chi connectivity index (χ2n) is 5.09. The van der Waals surface area contributed by atoms with Crippen molar-refractivity contribution in [3.05, 3.63) is 12.2 Å². The van der Waals surface area contributed by atoms with Gasteiger partial charge in [0.15, 0.2) is 0 Å². The van der Waals surface area contributed by atoms with E-state index in [-0.39, 0.29) is 16.8 Å². The highest BCUT2D eigenvalue weighted by Crippen LogP contribution is 2.12. The van der Waals surface area contributed by atoms with E-state index < -0.39 is 15.9 Å². The van der Waals surface area contributed by atoms with Gasteiger partial charge in [-0.05, 0) is 13.8 Å². The molecule has 0 heterocycles. The molecule has 20 heavy (non-hydrogen) atoms. The number of amides is 1. The van der Waals surface area contributed by atoms with Crippen molar-refractivity contribution in [1.82, 2.24) is 0 Å². The molecule has 0 fully saturated rings. The first-order valence-corrected chi connectivity index (χ1v) is 8.26. The first-order valence-electron chi connectivity index (χ1n) is 6.68. The third-order valence-corrected chi connectivity index (χ3v) is 3.83. The first-order chi connectivity index (χ1) is 9.12. The molecule has 1 atom stereocenters. The molecule has 0 aliphatic rings. The number of hydrogen-bond donors (Lipinski definition) is 0. The van der Waals surface area contributed by atoms with Gasteiger partial charge >= 0.3 is 5.91 Å². The summed E-state index contributed by atoms with van der Waals surface area (Å²) >= 11 is 0. The van der Waals surface area contributed by atoms with Gasteiger partial charge in [-0.25, -0.2) is 13.2 Å². The van der Waals surface area contributed by atoms with E-state index in [1.165, 1.54) is 0 Å². The van der Waals surface area contributed by atoms with Crippen molar-refractivity contribution in [2.45, 2.75) is 26.7 Å². The van der Waals surface area contributed by atoms with E-state index in [9.17, 15) is 17.8 Å². The van der Waals surface area contributed by atoms with Gasteiger partial charge < -0.3 is 9.29 Å². The monoisotopic (exact) mass is 307 g/mol. The zero-order valence-corrected chi connectivity index (χ0v) is 13.4. The number of nitrogens with zero attached hydrogens (tertiary/aromatic N) is 1. The molecule has 0 radical (unpaired) electrons. The van der Waals surface area contributed by atoms with E-state index in [0.717, 1.165) is 0 Å². The summed E-state index contributed by atoms with van der Waals surface area (Å²) in [5.41, 5.74) is 0.425. The lowest BCUT2D eigenvalue weighted by Gasteiger charge is -2.32. The molecule has 6 nitrogen and oxygen atoms in total. The molecule has 0 aromatic carbocycles. The molecule has 0 spiro atoms. The van der Waals surface area contributed by atoms with Crippen molar-refractivity contribution in [3.8, 4) is 0 Å². The highest BCUT2D eigenvalue weighted by molar-refractivity contribution is 7.85. The lowest BCUT2D eigenvalue weighted by Crippen LogP contribution is -2.51. The Morgan fingerprint density at radius 1 is 1.30 bits per heavy atom. The summed E-state index contributed by atoms with van der Waals surface area (Å²) in [5.74, 6) is -0.583. The normalized spacial score (nSPS) is 14.8. The number of carbonyl (C=O) groups excluding carboxylic acids is 1. The quantitative estimate of drug-likeness (QED) is 0.259. The number of carbonyl (C=O) groups is 1. The third-order valence-electron chi connectivity index (χ3n) is 3.05. The molecule has 1 amide bonds. The minimum atomic E-state index is -4.24. The number of hydrogen-bond acceptors (Lipinski definition) is 5. The molecule has 118 valence electrons. The van der Waals surface area contributed by atoms with Crippen LogP contribution in [0.3, 0.4) is 0 Å². The number of quaternary nitrogens is 1. The molecule has 0 N–H and O–H groups in total. The Balaban J connectivity index is 4.61. The van der Waals surface area contributed by atoms with Crippen LogP contribution in [-0.4, -0.2) is 62.5 Å². The molecule has 0 saturated carbocycles. The van der Waals surface area contributed by atoms with Gasteiger partial charge in [0.05, 0.1) is 36.9 Å². The molecule has 0 aliphatic carbocycles. The van der Waals surface area contributed by atoms with Gasteiger partial charge in [-0.1, -0.05) is 6.58 Å². The second kappa shape index (κ2) is 8.51. The third kappa shape index (κ3) is 7.74. The minimum absolute atomic E-state index is 0.0535. The highest BCUT2D eigenvalue weighted by Gasteiger charge is 2.31. The Kier molecular flexibility index (Phi) is 8.19. The van der Waals surface area contributed by atoms with Crippen LogP contribution >= 0.6 is 0 Å². The lowest BCUT2D eigenvalue weighted by molar-refractivity contribution is -0.833. The molecular formula is C13H25NO5S. The molecular weight excluding hydrogens is 282 g/mol. The predicted molar refractivity (Wildman–Crippen MR) is 76.0 cm³/mol. The molecule has 0 aliphatic heterocycles. The number of likely N-dealkylation sites (N-methyl/N-ethyl adjacent to an activating group) is 1. The van der Waals surface area contributed by atoms with Crippen LogP contribution in [0.4, 0.5) is 0 Å². The fourth-order valence-electron chi connectivity index (χ4n) is 2.03. The summed E-state index contributed by atoms with van der Waals surface area (Å²) in [6, 6.07) is 0. The molecule has 0 aromatic heterocycles. The van der Waals surface area contributed by atoms with Crippen molar-refractivity contribution >= 4 is 16.0 Å². The van der Waals surface area contributed by atoms with E-state index in [4.69, 9.17) is 4.74 Å². The van der Waals surface area contributed by atoms with Crippen LogP contribution < -0.4 is 0 Å². The first kappa shape index (κ1) is 19.2. The molecule has 0 aromatic rings. The molecule has 0 saturated heterocycles. The summed E-state index contributed by atoms with van der Waals surface area (Å²) in [7, 11) is -2.50. The fourth-order valence-corrected chi connectivity index (χ4v) is 2.51. The largest absolute Gasteiger partial charge is 0.748 e. The van der Waals surface area contributed by atoms with Gasteiger partial charge in [0.1, 0.15) is 0 Å². The zero-order chi connectivity index (χ0) is 15.8. The second-order valence-corrected chi connectivity index (χ2v) is 6.62. The summed E-state index contributed by atoms with van der Waals surface area (Å²) in [5, 5.41) is 0. The van der Waals surface area contributed by atoms with Crippen LogP contribution in [0.2, 0.25) is 0 Å². The maximum Gasteiger partial charge on any atom is 0.340 e. The van der Waals surface area contributed by atoms with Crippen molar-refractivity contribution in [2.24, 2.45) is 0 Å². The summed E-state index contributed by atoms with van der Waals surface area (Å²) in [6.07, 6.45) is 0.851. The maximum absolute atomic E-state index is 12.2. The zero-order valence-electron chi connectivity index (χ0n) is 12.6. The van der Waals surface area contributed by atoms with Crippen LogP contribution in [0.25, 0.3) is 0 Å². The maximum atomic E-state index is 12.2. The van der Waals surface area contributed by atoms with E-state index in [0.29, 0.717) is 38.3 Å². The Morgan fingerprint density at radius 2 is 1.85 bits per heavy atom. The van der Waals surface area contributed by atoms with Crippen LogP contribution in [0, 0.1) is 0 Å². The number of ether oxygens (including phenoxy) is 1. The topological polar surface area (TPSA) is 83.5 Å². The van der Waals surface area contributed by atoms with E-state index in [1.54, 1.807) is 14.0 Å². The van der Waals surface area contributed by atoms with Crippen molar-refractivity contribution < 1.29 is 27.0 Å². The van der Waals surface area contributed by atoms with Crippen LogP contribution in [0.15, 0.2) is 12.2 Å². The molecule has 1 unspecified atom stereocenters. The van der Waals surface area contributed by atoms with E-state index in [2.05, 4.69) is 6.58 Å². The Hall–Kier alpha value is -0.760. The Bertz CT molecular complexity index is 432. The summed E-state index contributed by atoms with van der Waals surface area (Å²) in [4.78, 5) is 12.2. The standard InChI is InChI=1S/C13H25NO5S/c1-5-19-10-6-8-14(4,13(15)12(2)3)9-7-11-20(16,17)18/h2,5-11H2,1,3-4H3. The minimum Gasteiger partial charge on any atom is -0.748 e. The molecule has 0 rings (SSSR count). The number of rotatable bonds is 10. The van der Waals surface area contributed by atoms with Gasteiger partial charge in [-0.3, -0.25) is 4.48 Å². The van der Waals surface area contributed by atoms with Gasteiger partial charge in [-0.2, -0.15) is 0 Å². The Labute approximate surface area is 121 Å². The predicted octanol–water partition coefficient (Wildman–Crippen LogP) is 0.898. The van der Waals surface area contributed by atoms with Gasteiger partial charge in [0.25, 0.3) is 0 Å². The lowest BCUT2D eigenvalue weighted by atomic mass is 10.2. The van der Waals surface area contributed by atoms with Crippen molar-refractivity contribution in [2.75, 3.05) is 39.1 Å². The van der Waals surface area contributed by atoms with E-state index >= 15 is 0 Å². The smallest absolute Gasteiger partial charge is 0.340 e. The van der Waals surface area contributed by atoms with E-state index in [1.807, 2.05) is 6.92 Å².